The molecule has 0 saturated carbocycles. The highest BCUT2D eigenvalue weighted by Crippen LogP contribution is 2.34. The van der Waals surface area contributed by atoms with E-state index >= 15 is 0 Å². The number of anilines is 1. The average Bonchev–Trinajstić information content (AvgIpc) is 3.37. The summed E-state index contributed by atoms with van der Waals surface area (Å²) in [6.07, 6.45) is 0.991. The van der Waals surface area contributed by atoms with Gasteiger partial charge in [-0.3, -0.25) is 14.3 Å². The molecule has 4 rings (SSSR count). The standard InChI is InChI=1S/C20H22N8O4/c1-3-13-14(32-19(30)12-7-5-4-6-11(12)10(2)26-27-22)8-15(31-13)28-9-23-16-17(28)24-20(21)25-18(16)29/h4-7,9-10,13-15H,3,8H2,1-2H3,(H3,21,24,25,29)/t10?,13-,14-,15-/m1/s1. The van der Waals surface area contributed by atoms with Crippen molar-refractivity contribution in [2.45, 2.75) is 51.2 Å². The zero-order chi connectivity index (χ0) is 22.8. The monoisotopic (exact) mass is 438 g/mol. The van der Waals surface area contributed by atoms with E-state index in [0.717, 1.165) is 0 Å². The average molecular weight is 438 g/mol. The quantitative estimate of drug-likeness (QED) is 0.257. The summed E-state index contributed by atoms with van der Waals surface area (Å²) in [5.74, 6) is -0.550. The smallest absolute Gasteiger partial charge is 0.338 e. The summed E-state index contributed by atoms with van der Waals surface area (Å²) in [4.78, 5) is 38.5. The number of fused-ring (bicyclic) bond motifs is 1. The Morgan fingerprint density at radius 3 is 3.03 bits per heavy atom. The zero-order valence-corrected chi connectivity index (χ0v) is 17.5. The zero-order valence-electron chi connectivity index (χ0n) is 17.5. The number of azide groups is 1. The molecule has 1 saturated heterocycles. The number of imidazole rings is 1. The second-order valence-electron chi connectivity index (χ2n) is 7.46. The molecule has 0 spiro atoms. The van der Waals surface area contributed by atoms with Crippen LogP contribution in [0.5, 0.6) is 0 Å². The van der Waals surface area contributed by atoms with E-state index in [1.165, 1.54) is 6.33 Å². The van der Waals surface area contributed by atoms with Crippen molar-refractivity contribution < 1.29 is 14.3 Å². The maximum Gasteiger partial charge on any atom is 0.338 e. The predicted molar refractivity (Wildman–Crippen MR) is 115 cm³/mol. The highest BCUT2D eigenvalue weighted by atomic mass is 16.6. The van der Waals surface area contributed by atoms with E-state index in [1.54, 1.807) is 35.8 Å². The third-order valence-corrected chi connectivity index (χ3v) is 5.46. The summed E-state index contributed by atoms with van der Waals surface area (Å²) in [6.45, 7) is 3.64. The lowest BCUT2D eigenvalue weighted by Gasteiger charge is -2.18. The summed E-state index contributed by atoms with van der Waals surface area (Å²) >= 11 is 0. The molecule has 1 aliphatic heterocycles. The molecule has 0 amide bonds. The van der Waals surface area contributed by atoms with E-state index in [2.05, 4.69) is 25.0 Å². The lowest BCUT2D eigenvalue weighted by atomic mass is 10.0. The minimum absolute atomic E-state index is 0.0250. The summed E-state index contributed by atoms with van der Waals surface area (Å²) in [5, 5.41) is 3.68. The number of nitrogens with two attached hydrogens (primary N) is 1. The van der Waals surface area contributed by atoms with Crippen LogP contribution in [0.15, 0.2) is 40.5 Å². The number of hydrogen-bond donors (Lipinski definition) is 2. The van der Waals surface area contributed by atoms with E-state index in [0.29, 0.717) is 29.6 Å². The molecular weight excluding hydrogens is 416 g/mol. The van der Waals surface area contributed by atoms with Crippen LogP contribution in [0.3, 0.4) is 0 Å². The summed E-state index contributed by atoms with van der Waals surface area (Å²) in [7, 11) is 0. The topological polar surface area (TPSA) is 174 Å². The van der Waals surface area contributed by atoms with Crippen LogP contribution in [0.4, 0.5) is 5.95 Å². The number of carbonyl (C=O) groups excluding carboxylic acids is 1. The van der Waals surface area contributed by atoms with Gasteiger partial charge in [-0.2, -0.15) is 4.98 Å². The number of nitrogens with zero attached hydrogens (tertiary/aromatic N) is 6. The summed E-state index contributed by atoms with van der Waals surface area (Å²) in [6, 6.07) is 6.33. The number of ether oxygens (including phenoxy) is 2. The number of aromatic nitrogens is 4. The van der Waals surface area contributed by atoms with E-state index < -0.39 is 29.9 Å². The molecule has 4 atom stereocenters. The van der Waals surface area contributed by atoms with E-state index in [-0.39, 0.29) is 17.6 Å². The van der Waals surface area contributed by atoms with Gasteiger partial charge in [-0.25, -0.2) is 9.78 Å². The molecule has 1 aliphatic rings. The molecule has 0 bridgehead atoms. The molecule has 2 aromatic heterocycles. The fraction of sp³-hybridized carbons (Fsp3) is 0.400. The lowest BCUT2D eigenvalue weighted by molar-refractivity contribution is -0.0285. The molecule has 32 heavy (non-hydrogen) atoms. The minimum atomic E-state index is -0.534. The number of nitrogens with one attached hydrogen (secondary N) is 1. The lowest BCUT2D eigenvalue weighted by Crippen LogP contribution is -2.27. The van der Waals surface area contributed by atoms with Crippen molar-refractivity contribution in [1.82, 2.24) is 19.5 Å². The van der Waals surface area contributed by atoms with E-state index in [4.69, 9.17) is 20.7 Å². The Morgan fingerprint density at radius 1 is 1.50 bits per heavy atom. The van der Waals surface area contributed by atoms with Crippen molar-refractivity contribution in [1.29, 1.82) is 0 Å². The van der Waals surface area contributed by atoms with Crippen molar-refractivity contribution in [2.75, 3.05) is 5.73 Å². The first-order valence-electron chi connectivity index (χ1n) is 10.1. The van der Waals surface area contributed by atoms with Gasteiger partial charge in [-0.15, -0.1) is 0 Å². The Labute approximate surface area is 182 Å². The minimum Gasteiger partial charge on any atom is -0.456 e. The number of carbonyl (C=O) groups is 1. The van der Waals surface area contributed by atoms with Crippen LogP contribution >= 0.6 is 0 Å². The Bertz CT molecular complexity index is 1260. The fourth-order valence-corrected chi connectivity index (χ4v) is 3.90. The van der Waals surface area contributed by atoms with Gasteiger partial charge in [0.2, 0.25) is 5.95 Å². The first-order chi connectivity index (χ1) is 15.4. The molecule has 3 aromatic rings. The Morgan fingerprint density at radius 2 is 2.28 bits per heavy atom. The van der Waals surface area contributed by atoms with Gasteiger partial charge in [-0.05, 0) is 23.6 Å². The SMILES string of the molecule is CC[C@H]1O[C@@H](n2cnc3c(=O)[nH]c(N)nc32)C[C@H]1OC(=O)c1ccccc1C(C)N=[N+]=[N-]. The molecule has 1 aromatic carbocycles. The van der Waals surface area contributed by atoms with Crippen molar-refractivity contribution >= 4 is 23.1 Å². The first kappa shape index (κ1) is 21.3. The molecule has 1 fully saturated rings. The maximum atomic E-state index is 13.0. The Balaban J connectivity index is 1.58. The van der Waals surface area contributed by atoms with Gasteiger partial charge in [0.15, 0.2) is 11.2 Å². The van der Waals surface area contributed by atoms with Gasteiger partial charge in [-0.1, -0.05) is 37.2 Å². The van der Waals surface area contributed by atoms with Crippen molar-refractivity contribution in [3.05, 3.63) is 62.5 Å². The number of hydrogen-bond acceptors (Lipinski definition) is 8. The predicted octanol–water partition coefficient (Wildman–Crippen LogP) is 3.00. The van der Waals surface area contributed by atoms with Crippen LogP contribution in [-0.2, 0) is 9.47 Å². The molecule has 12 nitrogen and oxygen atoms in total. The highest BCUT2D eigenvalue weighted by Gasteiger charge is 2.39. The number of benzene rings is 1. The van der Waals surface area contributed by atoms with Crippen LogP contribution in [0.25, 0.3) is 21.6 Å². The van der Waals surface area contributed by atoms with Crippen molar-refractivity contribution in [3.8, 4) is 0 Å². The molecule has 12 heteroatoms. The highest BCUT2D eigenvalue weighted by molar-refractivity contribution is 5.91. The maximum absolute atomic E-state index is 13.0. The summed E-state index contributed by atoms with van der Waals surface area (Å²) < 4.78 is 13.5. The van der Waals surface area contributed by atoms with Crippen LogP contribution in [0, 0.1) is 0 Å². The number of nitrogen functional groups attached to an aromatic ring is 1. The number of aromatic amines is 1. The van der Waals surface area contributed by atoms with Crippen LogP contribution < -0.4 is 11.3 Å². The van der Waals surface area contributed by atoms with Crippen molar-refractivity contribution in [2.24, 2.45) is 5.11 Å². The van der Waals surface area contributed by atoms with Gasteiger partial charge in [0.1, 0.15) is 12.3 Å². The van der Waals surface area contributed by atoms with Crippen LogP contribution in [0.1, 0.15) is 54.9 Å². The van der Waals surface area contributed by atoms with Crippen molar-refractivity contribution in [3.63, 3.8) is 0 Å². The van der Waals surface area contributed by atoms with Gasteiger partial charge in [0.25, 0.3) is 5.56 Å². The van der Waals surface area contributed by atoms with Gasteiger partial charge in [0, 0.05) is 11.3 Å². The Kier molecular flexibility index (Phi) is 5.80. The Hall–Kier alpha value is -3.89. The molecular formula is C20H22N8O4. The fourth-order valence-electron chi connectivity index (χ4n) is 3.90. The van der Waals surface area contributed by atoms with E-state index in [9.17, 15) is 9.59 Å². The second-order valence-corrected chi connectivity index (χ2v) is 7.46. The van der Waals surface area contributed by atoms with Crippen LogP contribution in [0.2, 0.25) is 0 Å². The molecule has 3 N–H and O–H groups in total. The first-order valence-corrected chi connectivity index (χ1v) is 10.1. The second kappa shape index (κ2) is 8.69. The van der Waals surface area contributed by atoms with Gasteiger partial charge < -0.3 is 15.2 Å². The van der Waals surface area contributed by atoms with Crippen LogP contribution in [-0.4, -0.2) is 37.7 Å². The number of esters is 1. The molecule has 0 aliphatic carbocycles. The third-order valence-electron chi connectivity index (χ3n) is 5.46. The summed E-state index contributed by atoms with van der Waals surface area (Å²) in [5.41, 5.74) is 15.3. The normalized spacial score (nSPS) is 21.2. The molecule has 0 radical (unpaired) electrons. The number of H-pyrrole nitrogens is 1. The van der Waals surface area contributed by atoms with Gasteiger partial charge in [0.05, 0.1) is 24.0 Å². The largest absolute Gasteiger partial charge is 0.456 e. The van der Waals surface area contributed by atoms with E-state index in [1.807, 2.05) is 6.92 Å². The third kappa shape index (κ3) is 3.88. The van der Waals surface area contributed by atoms with Gasteiger partial charge >= 0.3 is 5.97 Å². The number of rotatable bonds is 6. The molecule has 3 heterocycles. The molecule has 166 valence electrons. The molecule has 1 unspecified atom stereocenters.